The van der Waals surface area contributed by atoms with Gasteiger partial charge in [0.15, 0.2) is 0 Å². The number of nitrogens with one attached hydrogen (secondary N) is 1. The van der Waals surface area contributed by atoms with Crippen LogP contribution in [-0.4, -0.2) is 27.4 Å². The summed E-state index contributed by atoms with van der Waals surface area (Å²) in [5, 5.41) is 8.92. The Hall–Kier alpha value is -0.920. The second kappa shape index (κ2) is 4.52. The molecule has 0 aliphatic carbocycles. The SMILES string of the molecule is O=c1[nH]c(=O)n([C@@H]2CC[C@H](CO)O2)cc1Br. The van der Waals surface area contributed by atoms with E-state index in [1.165, 1.54) is 10.8 Å². The quantitative estimate of drug-likeness (QED) is 0.801. The Morgan fingerprint density at radius 1 is 1.56 bits per heavy atom. The maximum atomic E-state index is 11.5. The summed E-state index contributed by atoms with van der Waals surface area (Å²) in [6.07, 6.45) is 2.10. The molecule has 6 nitrogen and oxygen atoms in total. The van der Waals surface area contributed by atoms with Gasteiger partial charge in [0.25, 0.3) is 5.56 Å². The molecule has 0 saturated carbocycles. The molecule has 1 fully saturated rings. The van der Waals surface area contributed by atoms with Crippen molar-refractivity contribution < 1.29 is 9.84 Å². The van der Waals surface area contributed by atoms with Crippen LogP contribution in [0.1, 0.15) is 19.1 Å². The molecule has 0 spiro atoms. The standard InChI is InChI=1S/C9H11BrN2O4/c10-6-3-12(9(15)11-8(6)14)7-2-1-5(4-13)16-7/h3,5,7,13H,1-2,4H2,(H,11,14,15)/t5-,7+/m1/s1. The van der Waals surface area contributed by atoms with Crippen LogP contribution in [0.3, 0.4) is 0 Å². The molecule has 0 bridgehead atoms. The Balaban J connectivity index is 2.32. The molecule has 0 radical (unpaired) electrons. The number of hydrogen-bond acceptors (Lipinski definition) is 4. The van der Waals surface area contributed by atoms with Gasteiger partial charge >= 0.3 is 5.69 Å². The number of aliphatic hydroxyl groups is 1. The van der Waals surface area contributed by atoms with Crippen molar-refractivity contribution in [1.29, 1.82) is 0 Å². The minimum Gasteiger partial charge on any atom is -0.394 e. The van der Waals surface area contributed by atoms with Gasteiger partial charge in [0.1, 0.15) is 6.23 Å². The fourth-order valence-corrected chi connectivity index (χ4v) is 2.02. The predicted molar refractivity (Wildman–Crippen MR) is 59.3 cm³/mol. The summed E-state index contributed by atoms with van der Waals surface area (Å²) in [6, 6.07) is 0. The van der Waals surface area contributed by atoms with E-state index in [1.54, 1.807) is 0 Å². The molecule has 1 saturated heterocycles. The summed E-state index contributed by atoms with van der Waals surface area (Å²) in [7, 11) is 0. The van der Waals surface area contributed by atoms with Gasteiger partial charge < -0.3 is 9.84 Å². The number of H-pyrrole nitrogens is 1. The highest BCUT2D eigenvalue weighted by Gasteiger charge is 2.26. The maximum absolute atomic E-state index is 11.5. The third-order valence-corrected chi connectivity index (χ3v) is 3.09. The highest BCUT2D eigenvalue weighted by molar-refractivity contribution is 9.10. The number of rotatable bonds is 2. The van der Waals surface area contributed by atoms with E-state index >= 15 is 0 Å². The van der Waals surface area contributed by atoms with Gasteiger partial charge in [-0.05, 0) is 28.8 Å². The highest BCUT2D eigenvalue weighted by Crippen LogP contribution is 2.26. The van der Waals surface area contributed by atoms with E-state index in [4.69, 9.17) is 9.84 Å². The summed E-state index contributed by atoms with van der Waals surface area (Å²) < 4.78 is 7.04. The summed E-state index contributed by atoms with van der Waals surface area (Å²) in [5.74, 6) is 0. The molecule has 0 unspecified atom stereocenters. The van der Waals surface area contributed by atoms with E-state index in [1.807, 2.05) is 0 Å². The van der Waals surface area contributed by atoms with Gasteiger partial charge in [0.2, 0.25) is 0 Å². The molecule has 7 heteroatoms. The van der Waals surface area contributed by atoms with Crippen molar-refractivity contribution >= 4 is 15.9 Å². The van der Waals surface area contributed by atoms with Crippen LogP contribution in [0.5, 0.6) is 0 Å². The van der Waals surface area contributed by atoms with Crippen molar-refractivity contribution in [2.75, 3.05) is 6.61 Å². The van der Waals surface area contributed by atoms with Gasteiger partial charge in [-0.15, -0.1) is 0 Å². The number of halogens is 1. The van der Waals surface area contributed by atoms with Crippen LogP contribution < -0.4 is 11.2 Å². The van der Waals surface area contributed by atoms with E-state index in [2.05, 4.69) is 20.9 Å². The van der Waals surface area contributed by atoms with E-state index in [0.29, 0.717) is 12.8 Å². The zero-order chi connectivity index (χ0) is 11.7. The Morgan fingerprint density at radius 2 is 2.31 bits per heavy atom. The van der Waals surface area contributed by atoms with Crippen molar-refractivity contribution in [3.05, 3.63) is 31.5 Å². The smallest absolute Gasteiger partial charge is 0.330 e. The summed E-state index contributed by atoms with van der Waals surface area (Å²) in [4.78, 5) is 24.8. The Labute approximate surface area is 99.0 Å². The number of aromatic nitrogens is 2. The van der Waals surface area contributed by atoms with E-state index < -0.39 is 17.5 Å². The van der Waals surface area contributed by atoms with Crippen LogP contribution in [0.25, 0.3) is 0 Å². The first-order valence-corrected chi connectivity index (χ1v) is 5.68. The van der Waals surface area contributed by atoms with E-state index in [-0.39, 0.29) is 17.2 Å². The molecular formula is C9H11BrN2O4. The molecule has 2 rings (SSSR count). The molecule has 1 aromatic heterocycles. The molecule has 0 aromatic carbocycles. The molecule has 1 aromatic rings. The van der Waals surface area contributed by atoms with Gasteiger partial charge in [0, 0.05) is 6.20 Å². The Kier molecular flexibility index (Phi) is 3.27. The molecule has 2 heterocycles. The van der Waals surface area contributed by atoms with Crippen LogP contribution in [0.4, 0.5) is 0 Å². The van der Waals surface area contributed by atoms with E-state index in [9.17, 15) is 9.59 Å². The number of nitrogens with zero attached hydrogens (tertiary/aromatic N) is 1. The predicted octanol–water partition coefficient (Wildman–Crippen LogP) is -0.0310. The largest absolute Gasteiger partial charge is 0.394 e. The van der Waals surface area contributed by atoms with Crippen molar-refractivity contribution in [1.82, 2.24) is 9.55 Å². The van der Waals surface area contributed by atoms with Crippen molar-refractivity contribution in [3.8, 4) is 0 Å². The number of hydrogen-bond donors (Lipinski definition) is 2. The van der Waals surface area contributed by atoms with Gasteiger partial charge in [-0.3, -0.25) is 14.3 Å². The lowest BCUT2D eigenvalue weighted by molar-refractivity contribution is -0.0247. The van der Waals surface area contributed by atoms with Gasteiger partial charge in [0.05, 0.1) is 17.2 Å². The van der Waals surface area contributed by atoms with Crippen LogP contribution in [0.15, 0.2) is 20.3 Å². The second-order valence-corrected chi connectivity index (χ2v) is 4.47. The zero-order valence-corrected chi connectivity index (χ0v) is 9.94. The van der Waals surface area contributed by atoms with Crippen LogP contribution in [0, 0.1) is 0 Å². The fourth-order valence-electron chi connectivity index (χ4n) is 1.70. The monoisotopic (exact) mass is 290 g/mol. The minimum atomic E-state index is -0.503. The first-order valence-electron chi connectivity index (χ1n) is 4.89. The van der Waals surface area contributed by atoms with Crippen molar-refractivity contribution in [2.45, 2.75) is 25.2 Å². The molecule has 88 valence electrons. The topological polar surface area (TPSA) is 84.3 Å². The van der Waals surface area contributed by atoms with Gasteiger partial charge in [-0.25, -0.2) is 4.79 Å². The maximum Gasteiger partial charge on any atom is 0.330 e. The molecule has 1 aliphatic heterocycles. The average Bonchev–Trinajstić information content (AvgIpc) is 2.71. The Morgan fingerprint density at radius 3 is 2.94 bits per heavy atom. The molecule has 16 heavy (non-hydrogen) atoms. The number of aliphatic hydroxyl groups excluding tert-OH is 1. The summed E-state index contributed by atoms with van der Waals surface area (Å²) >= 11 is 3.05. The lowest BCUT2D eigenvalue weighted by Gasteiger charge is -2.14. The number of aromatic amines is 1. The average molecular weight is 291 g/mol. The summed E-state index contributed by atoms with van der Waals surface area (Å²) in [5.41, 5.74) is -0.963. The lowest BCUT2D eigenvalue weighted by Crippen LogP contribution is -2.32. The normalized spacial score (nSPS) is 24.9. The second-order valence-electron chi connectivity index (χ2n) is 3.62. The first-order chi connectivity index (χ1) is 7.61. The fraction of sp³-hybridized carbons (Fsp3) is 0.556. The van der Waals surface area contributed by atoms with Gasteiger partial charge in [-0.1, -0.05) is 0 Å². The van der Waals surface area contributed by atoms with Crippen molar-refractivity contribution in [3.63, 3.8) is 0 Å². The number of ether oxygens (including phenoxy) is 1. The third kappa shape index (κ3) is 2.11. The van der Waals surface area contributed by atoms with Crippen LogP contribution >= 0.6 is 15.9 Å². The zero-order valence-electron chi connectivity index (χ0n) is 8.35. The third-order valence-electron chi connectivity index (χ3n) is 2.52. The molecule has 2 atom stereocenters. The summed E-state index contributed by atoms with van der Waals surface area (Å²) in [6.45, 7) is -0.0597. The highest BCUT2D eigenvalue weighted by atomic mass is 79.9. The van der Waals surface area contributed by atoms with Crippen LogP contribution in [-0.2, 0) is 4.74 Å². The molecule has 2 N–H and O–H groups in total. The van der Waals surface area contributed by atoms with Gasteiger partial charge in [-0.2, -0.15) is 0 Å². The minimum absolute atomic E-state index is 0.0597. The van der Waals surface area contributed by atoms with Crippen molar-refractivity contribution in [2.24, 2.45) is 0 Å². The first kappa shape index (κ1) is 11.6. The Bertz CT molecular complexity index is 495. The van der Waals surface area contributed by atoms with E-state index in [0.717, 1.165) is 0 Å². The molecular weight excluding hydrogens is 280 g/mol. The lowest BCUT2D eigenvalue weighted by atomic mass is 10.2. The molecule has 1 aliphatic rings. The molecule has 0 amide bonds. The van der Waals surface area contributed by atoms with Crippen LogP contribution in [0.2, 0.25) is 0 Å².